The molecule has 0 aliphatic carbocycles. The van der Waals surface area contributed by atoms with Crippen molar-refractivity contribution in [2.75, 3.05) is 19.8 Å². The van der Waals surface area contributed by atoms with E-state index in [2.05, 4.69) is 43.3 Å². The Balaban J connectivity index is 1.73. The fourth-order valence-corrected chi connectivity index (χ4v) is 11.2. The number of aryl methyl sites for hydroxylation is 1. The summed E-state index contributed by atoms with van der Waals surface area (Å²) in [6.45, 7) is 9.86. The van der Waals surface area contributed by atoms with E-state index in [4.69, 9.17) is 18.3 Å². The molecule has 3 rings (SSSR count). The first-order valence-electron chi connectivity index (χ1n) is 9.97. The summed E-state index contributed by atoms with van der Waals surface area (Å²) < 4.78 is 20.5. The summed E-state index contributed by atoms with van der Waals surface area (Å²) in [5, 5.41) is 0. The topological polar surface area (TPSA) is 40.6 Å². The Labute approximate surface area is 195 Å². The molecule has 0 radical (unpaired) electrons. The first-order valence-corrected chi connectivity index (χ1v) is 16.2. The molecule has 0 unspecified atom stereocenters. The number of hydrogen-bond acceptors (Lipinski definition) is 8. The highest BCUT2D eigenvalue weighted by atomic mass is 33.5. The second-order valence-electron chi connectivity index (χ2n) is 6.45. The van der Waals surface area contributed by atoms with Gasteiger partial charge in [0.15, 0.2) is 4.34 Å². The fourth-order valence-electron chi connectivity index (χ4n) is 3.07. The van der Waals surface area contributed by atoms with Gasteiger partial charge in [-0.05, 0) is 82.9 Å². The van der Waals surface area contributed by atoms with Crippen molar-refractivity contribution >= 4 is 61.8 Å². The van der Waals surface area contributed by atoms with Crippen molar-refractivity contribution in [1.82, 2.24) is 4.98 Å². The molecule has 0 saturated carbocycles. The Morgan fingerprint density at radius 2 is 1.63 bits per heavy atom. The average Bonchev–Trinajstić information content (AvgIpc) is 3.13. The van der Waals surface area contributed by atoms with Crippen LogP contribution in [0.25, 0.3) is 10.2 Å². The molecule has 0 amide bonds. The molecule has 1 aromatic heterocycles. The first kappa shape index (κ1) is 24.1. The van der Waals surface area contributed by atoms with Gasteiger partial charge in [-0.2, -0.15) is 0 Å². The summed E-state index contributed by atoms with van der Waals surface area (Å²) in [6, 6.07) is 15.5. The van der Waals surface area contributed by atoms with Gasteiger partial charge in [0.1, 0.15) is 0 Å². The van der Waals surface area contributed by atoms with Crippen LogP contribution in [0.2, 0.25) is 0 Å². The molecule has 0 atom stereocenters. The van der Waals surface area contributed by atoms with E-state index in [-0.39, 0.29) is 0 Å². The van der Waals surface area contributed by atoms with Crippen LogP contribution in [-0.4, -0.2) is 33.6 Å². The van der Waals surface area contributed by atoms with E-state index in [0.717, 1.165) is 9.86 Å². The molecule has 4 nitrogen and oxygen atoms in total. The van der Waals surface area contributed by atoms with Crippen LogP contribution in [0, 0.1) is 6.92 Å². The van der Waals surface area contributed by atoms with Crippen molar-refractivity contribution in [3.8, 4) is 0 Å². The highest BCUT2D eigenvalue weighted by molar-refractivity contribution is 9.09. The number of fused-ring (bicyclic) bond motifs is 1. The third-order valence-electron chi connectivity index (χ3n) is 4.22. The predicted octanol–water partition coefficient (Wildman–Crippen LogP) is 7.18. The largest absolute Gasteiger partial charge is 0.505 e. The quantitative estimate of drug-likeness (QED) is 0.194. The smallest absolute Gasteiger partial charge is 0.374 e. The first-order chi connectivity index (χ1) is 14.6. The lowest BCUT2D eigenvalue weighted by Gasteiger charge is -2.29. The van der Waals surface area contributed by atoms with Crippen molar-refractivity contribution in [2.24, 2.45) is 0 Å². The summed E-state index contributed by atoms with van der Waals surface area (Å²) in [6.07, 6.45) is 0. The van der Waals surface area contributed by atoms with Crippen LogP contribution in [0.5, 0.6) is 0 Å². The molecule has 30 heavy (non-hydrogen) atoms. The highest BCUT2D eigenvalue weighted by Crippen LogP contribution is 2.47. The van der Waals surface area contributed by atoms with Crippen LogP contribution in [0.4, 0.5) is 0 Å². The Kier molecular flexibility index (Phi) is 9.58. The molecule has 0 aliphatic rings. The van der Waals surface area contributed by atoms with E-state index in [1.54, 1.807) is 42.8 Å². The van der Waals surface area contributed by atoms with Gasteiger partial charge >= 0.3 is 8.80 Å². The Morgan fingerprint density at radius 3 is 2.30 bits per heavy atom. The van der Waals surface area contributed by atoms with Gasteiger partial charge in [-0.1, -0.05) is 29.8 Å². The number of thiazole rings is 1. The van der Waals surface area contributed by atoms with Gasteiger partial charge in [-0.25, -0.2) is 4.98 Å². The molecule has 3 aromatic rings. The van der Waals surface area contributed by atoms with Crippen LogP contribution in [-0.2, 0) is 19.3 Å². The van der Waals surface area contributed by atoms with Crippen molar-refractivity contribution in [1.29, 1.82) is 0 Å². The normalized spacial score (nSPS) is 12.0. The van der Waals surface area contributed by atoms with E-state index < -0.39 is 8.80 Å². The monoisotopic (exact) mass is 497 g/mol. The number of para-hydroxylation sites is 1. The molecule has 0 aliphatic heterocycles. The number of nitrogens with zero attached hydrogens (tertiary/aromatic N) is 1. The molecule has 0 spiro atoms. The Bertz CT molecular complexity index is 903. The number of benzene rings is 2. The van der Waals surface area contributed by atoms with Gasteiger partial charge in [-0.3, -0.25) is 0 Å². The molecule has 0 saturated heterocycles. The van der Waals surface area contributed by atoms with E-state index in [0.29, 0.717) is 25.9 Å². The molecule has 162 valence electrons. The lowest BCUT2D eigenvalue weighted by atomic mass is 10.2. The van der Waals surface area contributed by atoms with Gasteiger partial charge < -0.3 is 13.3 Å². The summed E-state index contributed by atoms with van der Waals surface area (Å²) in [5.41, 5.74) is 3.51. The summed E-state index contributed by atoms with van der Waals surface area (Å²) in [5.74, 6) is 0. The fraction of sp³-hybridized carbons (Fsp3) is 0.381. The second-order valence-corrected chi connectivity index (χ2v) is 14.3. The van der Waals surface area contributed by atoms with Gasteiger partial charge in [0.05, 0.1) is 10.2 Å². The Morgan fingerprint density at radius 1 is 0.933 bits per heavy atom. The van der Waals surface area contributed by atoms with Gasteiger partial charge in [0.25, 0.3) is 0 Å². The lowest BCUT2D eigenvalue weighted by molar-refractivity contribution is 0.0702. The van der Waals surface area contributed by atoms with Crippen LogP contribution >= 0.6 is 42.8 Å². The van der Waals surface area contributed by atoms with Crippen LogP contribution in [0.1, 0.15) is 31.9 Å². The molecule has 0 bridgehead atoms. The van der Waals surface area contributed by atoms with Gasteiger partial charge in [0.2, 0.25) is 0 Å². The molecule has 0 N–H and O–H groups in total. The van der Waals surface area contributed by atoms with Gasteiger partial charge in [-0.15, -0.1) is 11.3 Å². The van der Waals surface area contributed by atoms with E-state index in [9.17, 15) is 0 Å². The average molecular weight is 498 g/mol. The number of hydrogen-bond donors (Lipinski definition) is 0. The molecule has 2 aromatic carbocycles. The zero-order valence-corrected chi connectivity index (χ0v) is 21.9. The third-order valence-corrected chi connectivity index (χ3v) is 12.5. The predicted molar refractivity (Wildman–Crippen MR) is 134 cm³/mol. The molecular formula is C21H27NO3S4Si. The summed E-state index contributed by atoms with van der Waals surface area (Å²) in [7, 11) is 2.44. The molecule has 1 heterocycles. The van der Waals surface area contributed by atoms with Crippen LogP contribution < -0.4 is 0 Å². The van der Waals surface area contributed by atoms with Crippen molar-refractivity contribution in [3.05, 3.63) is 53.6 Å². The van der Waals surface area contributed by atoms with E-state index in [1.165, 1.54) is 20.7 Å². The Hall–Kier alpha value is -0.523. The zero-order chi connectivity index (χ0) is 21.4. The van der Waals surface area contributed by atoms with Gasteiger partial charge in [0, 0.05) is 30.8 Å². The third kappa shape index (κ3) is 6.49. The van der Waals surface area contributed by atoms with Crippen molar-refractivity contribution in [3.63, 3.8) is 0 Å². The number of aromatic nitrogens is 1. The van der Waals surface area contributed by atoms with E-state index >= 15 is 0 Å². The maximum absolute atomic E-state index is 6.08. The molecular weight excluding hydrogens is 471 g/mol. The summed E-state index contributed by atoms with van der Waals surface area (Å²) >= 11 is 1.73. The minimum atomic E-state index is -2.76. The molecule has 9 heteroatoms. The lowest BCUT2D eigenvalue weighted by Crippen LogP contribution is -2.48. The maximum atomic E-state index is 6.08. The molecule has 0 fully saturated rings. The SMILES string of the molecule is CCO[Si](Cc1cc(C)ccc1SSSc1nc2ccccc2s1)(OCC)OCC. The van der Waals surface area contributed by atoms with Crippen LogP contribution in [0.15, 0.2) is 51.7 Å². The van der Waals surface area contributed by atoms with E-state index in [1.807, 2.05) is 26.8 Å². The van der Waals surface area contributed by atoms with Crippen LogP contribution in [0.3, 0.4) is 0 Å². The summed E-state index contributed by atoms with van der Waals surface area (Å²) in [4.78, 5) is 5.92. The van der Waals surface area contributed by atoms with Crippen molar-refractivity contribution < 1.29 is 13.3 Å². The van der Waals surface area contributed by atoms with Crippen molar-refractivity contribution in [2.45, 2.75) is 43.0 Å². The maximum Gasteiger partial charge on any atom is 0.505 e. The minimum absolute atomic E-state index is 0.586. The number of rotatable bonds is 12. The second kappa shape index (κ2) is 11.9. The zero-order valence-electron chi connectivity index (χ0n) is 17.7. The standard InChI is InChI=1S/C21H27NO3S4Si/c1-5-23-30(24-6-2,25-7-3)15-17-14-16(4)12-13-19(17)27-29-28-21-22-18-10-8-9-11-20(18)26-21/h8-14H,5-7,15H2,1-4H3. The highest BCUT2D eigenvalue weighted by Gasteiger charge is 2.41. The minimum Gasteiger partial charge on any atom is -0.374 e.